The van der Waals surface area contributed by atoms with Crippen molar-refractivity contribution in [3.63, 3.8) is 0 Å². The zero-order valence-electron chi connectivity index (χ0n) is 12.5. The van der Waals surface area contributed by atoms with Crippen molar-refractivity contribution in [3.8, 4) is 17.2 Å². The van der Waals surface area contributed by atoms with Crippen LogP contribution in [0.5, 0.6) is 0 Å². The van der Waals surface area contributed by atoms with Crippen LogP contribution in [0.25, 0.3) is 11.1 Å². The van der Waals surface area contributed by atoms with Gasteiger partial charge < -0.3 is 10.4 Å². The molecule has 0 saturated heterocycles. The Morgan fingerprint density at radius 2 is 1.73 bits per heavy atom. The summed E-state index contributed by atoms with van der Waals surface area (Å²) < 4.78 is 0. The number of aliphatic hydroxyl groups excluding tert-OH is 1. The predicted molar refractivity (Wildman–Crippen MR) is 88.5 cm³/mol. The van der Waals surface area contributed by atoms with Gasteiger partial charge in [-0.3, -0.25) is 0 Å². The van der Waals surface area contributed by atoms with Crippen molar-refractivity contribution in [3.05, 3.63) is 54.1 Å². The lowest BCUT2D eigenvalue weighted by molar-refractivity contribution is 0.126. The summed E-state index contributed by atoms with van der Waals surface area (Å²) in [5.74, 6) is 0. The van der Waals surface area contributed by atoms with Crippen LogP contribution in [0, 0.1) is 11.3 Å². The molecule has 22 heavy (non-hydrogen) atoms. The number of benzene rings is 2. The Hall–Kier alpha value is -2.31. The average Bonchev–Trinajstić information content (AvgIpc) is 2.57. The van der Waals surface area contributed by atoms with Gasteiger partial charge in [-0.15, -0.1) is 0 Å². The molecule has 0 aliphatic heterocycles. The molecule has 0 heterocycles. The van der Waals surface area contributed by atoms with E-state index >= 15 is 0 Å². The van der Waals surface area contributed by atoms with E-state index in [0.29, 0.717) is 11.6 Å². The molecular formula is C19H20N2O. The standard InChI is InChI=1S/C19H20N2O/c20-13-14-6-11-18(15-4-2-1-3-5-15)19(12-14)21-16-7-9-17(22)10-8-16/h1-6,11-12,16-17,21-22H,7-10H2. The smallest absolute Gasteiger partial charge is 0.0992 e. The van der Waals surface area contributed by atoms with Crippen LogP contribution in [0.2, 0.25) is 0 Å². The largest absolute Gasteiger partial charge is 0.393 e. The Balaban J connectivity index is 1.89. The van der Waals surface area contributed by atoms with E-state index < -0.39 is 0 Å². The third-order valence-corrected chi connectivity index (χ3v) is 4.29. The molecule has 0 radical (unpaired) electrons. The molecule has 2 N–H and O–H groups in total. The molecule has 0 unspecified atom stereocenters. The van der Waals surface area contributed by atoms with Crippen LogP contribution in [-0.4, -0.2) is 17.3 Å². The highest BCUT2D eigenvalue weighted by Crippen LogP contribution is 2.31. The van der Waals surface area contributed by atoms with E-state index in [1.807, 2.05) is 36.4 Å². The molecule has 112 valence electrons. The van der Waals surface area contributed by atoms with E-state index in [9.17, 15) is 5.11 Å². The normalized spacial score (nSPS) is 21.1. The first kappa shape index (κ1) is 14.6. The molecule has 1 aliphatic rings. The minimum absolute atomic E-state index is 0.155. The number of nitrogens with zero attached hydrogens (tertiary/aromatic N) is 1. The fourth-order valence-electron chi connectivity index (χ4n) is 3.04. The zero-order valence-corrected chi connectivity index (χ0v) is 12.5. The van der Waals surface area contributed by atoms with Crippen molar-refractivity contribution in [2.24, 2.45) is 0 Å². The van der Waals surface area contributed by atoms with E-state index in [0.717, 1.165) is 42.5 Å². The molecule has 0 bridgehead atoms. The fourth-order valence-corrected chi connectivity index (χ4v) is 3.04. The molecule has 1 fully saturated rings. The molecule has 2 aromatic rings. The second-order valence-electron chi connectivity index (χ2n) is 5.89. The van der Waals surface area contributed by atoms with E-state index in [1.165, 1.54) is 0 Å². The van der Waals surface area contributed by atoms with Crippen LogP contribution < -0.4 is 5.32 Å². The second kappa shape index (κ2) is 6.64. The van der Waals surface area contributed by atoms with Crippen molar-refractivity contribution < 1.29 is 5.11 Å². The molecular weight excluding hydrogens is 272 g/mol. The van der Waals surface area contributed by atoms with Gasteiger partial charge in [-0.25, -0.2) is 0 Å². The third-order valence-electron chi connectivity index (χ3n) is 4.29. The van der Waals surface area contributed by atoms with Crippen LogP contribution in [0.3, 0.4) is 0 Å². The number of rotatable bonds is 3. The number of aliphatic hydroxyl groups is 1. The molecule has 0 spiro atoms. The monoisotopic (exact) mass is 292 g/mol. The quantitative estimate of drug-likeness (QED) is 0.901. The molecule has 3 nitrogen and oxygen atoms in total. The summed E-state index contributed by atoms with van der Waals surface area (Å²) in [6, 6.07) is 18.6. The van der Waals surface area contributed by atoms with Crippen molar-refractivity contribution in [1.29, 1.82) is 5.26 Å². The molecule has 0 atom stereocenters. The van der Waals surface area contributed by atoms with Gasteiger partial charge in [0.1, 0.15) is 0 Å². The molecule has 3 heteroatoms. The number of nitriles is 1. The van der Waals surface area contributed by atoms with Gasteiger partial charge >= 0.3 is 0 Å². The second-order valence-corrected chi connectivity index (χ2v) is 5.89. The van der Waals surface area contributed by atoms with E-state index in [4.69, 9.17) is 5.26 Å². The van der Waals surface area contributed by atoms with Gasteiger partial charge in [0.15, 0.2) is 0 Å². The summed E-state index contributed by atoms with van der Waals surface area (Å²) in [7, 11) is 0. The number of hydrogen-bond donors (Lipinski definition) is 2. The van der Waals surface area contributed by atoms with Gasteiger partial charge in [0.05, 0.1) is 17.7 Å². The van der Waals surface area contributed by atoms with Crippen LogP contribution in [0.4, 0.5) is 5.69 Å². The number of hydrogen-bond acceptors (Lipinski definition) is 3. The van der Waals surface area contributed by atoms with Gasteiger partial charge in [0, 0.05) is 17.3 Å². The molecule has 1 saturated carbocycles. The Kier molecular flexibility index (Phi) is 4.41. The Bertz CT molecular complexity index is 668. The third kappa shape index (κ3) is 3.29. The summed E-state index contributed by atoms with van der Waals surface area (Å²) in [6.07, 6.45) is 3.46. The van der Waals surface area contributed by atoms with Crippen LogP contribution >= 0.6 is 0 Å². The highest BCUT2D eigenvalue weighted by atomic mass is 16.3. The van der Waals surface area contributed by atoms with Crippen molar-refractivity contribution in [2.75, 3.05) is 5.32 Å². The number of anilines is 1. The zero-order chi connectivity index (χ0) is 15.4. The Labute approximate surface area is 131 Å². The van der Waals surface area contributed by atoms with Crippen molar-refractivity contribution >= 4 is 5.69 Å². The lowest BCUT2D eigenvalue weighted by atomic mass is 9.92. The lowest BCUT2D eigenvalue weighted by Gasteiger charge is -2.28. The minimum Gasteiger partial charge on any atom is -0.393 e. The summed E-state index contributed by atoms with van der Waals surface area (Å²) in [6.45, 7) is 0. The maximum atomic E-state index is 9.64. The van der Waals surface area contributed by atoms with Crippen LogP contribution in [0.1, 0.15) is 31.2 Å². The van der Waals surface area contributed by atoms with Gasteiger partial charge in [0.2, 0.25) is 0 Å². The molecule has 0 amide bonds. The molecule has 1 aliphatic carbocycles. The minimum atomic E-state index is -0.155. The van der Waals surface area contributed by atoms with Crippen LogP contribution in [-0.2, 0) is 0 Å². The summed E-state index contributed by atoms with van der Waals surface area (Å²) in [4.78, 5) is 0. The van der Waals surface area contributed by atoms with E-state index in [1.54, 1.807) is 0 Å². The van der Waals surface area contributed by atoms with Crippen LogP contribution in [0.15, 0.2) is 48.5 Å². The predicted octanol–water partition coefficient (Wildman–Crippen LogP) is 3.94. The molecule has 0 aromatic heterocycles. The van der Waals surface area contributed by atoms with Gasteiger partial charge in [-0.1, -0.05) is 36.4 Å². The van der Waals surface area contributed by atoms with Crippen molar-refractivity contribution in [2.45, 2.75) is 37.8 Å². The van der Waals surface area contributed by atoms with E-state index in [-0.39, 0.29) is 6.10 Å². The molecule has 2 aromatic carbocycles. The van der Waals surface area contributed by atoms with E-state index in [2.05, 4.69) is 23.5 Å². The highest BCUT2D eigenvalue weighted by Gasteiger charge is 2.20. The first-order chi connectivity index (χ1) is 10.8. The highest BCUT2D eigenvalue weighted by molar-refractivity contribution is 5.79. The van der Waals surface area contributed by atoms with Gasteiger partial charge in [-0.05, 0) is 43.4 Å². The Morgan fingerprint density at radius 3 is 2.41 bits per heavy atom. The number of nitrogens with one attached hydrogen (secondary N) is 1. The van der Waals surface area contributed by atoms with Crippen molar-refractivity contribution in [1.82, 2.24) is 0 Å². The van der Waals surface area contributed by atoms with Gasteiger partial charge in [-0.2, -0.15) is 5.26 Å². The summed E-state index contributed by atoms with van der Waals surface area (Å²) in [5.41, 5.74) is 3.93. The fraction of sp³-hybridized carbons (Fsp3) is 0.316. The maximum absolute atomic E-state index is 9.64. The maximum Gasteiger partial charge on any atom is 0.0992 e. The topological polar surface area (TPSA) is 56.0 Å². The lowest BCUT2D eigenvalue weighted by Crippen LogP contribution is -2.28. The SMILES string of the molecule is N#Cc1ccc(-c2ccccc2)c(NC2CCC(O)CC2)c1. The summed E-state index contributed by atoms with van der Waals surface area (Å²) in [5, 5.41) is 22.4. The average molecular weight is 292 g/mol. The van der Waals surface area contributed by atoms with Gasteiger partial charge in [0.25, 0.3) is 0 Å². The Morgan fingerprint density at radius 1 is 1.00 bits per heavy atom. The first-order valence-electron chi connectivity index (χ1n) is 7.80. The first-order valence-corrected chi connectivity index (χ1v) is 7.80. The summed E-state index contributed by atoms with van der Waals surface area (Å²) >= 11 is 0. The molecule has 3 rings (SSSR count).